The Morgan fingerprint density at radius 3 is 1.89 bits per heavy atom. The average Bonchev–Trinajstić information content (AvgIpc) is 2.90. The third-order valence-corrected chi connectivity index (χ3v) is 6.43. The molecule has 0 saturated carbocycles. The molecule has 0 aliphatic carbocycles. The Labute approximate surface area is 207 Å². The number of benzene rings is 3. The number of rotatable bonds is 8. The number of anilines is 1. The molecular weight excluding hydrogens is 438 g/mol. The first kappa shape index (κ1) is 24.5. The van der Waals surface area contributed by atoms with Crippen molar-refractivity contribution in [3.05, 3.63) is 102 Å². The lowest BCUT2D eigenvalue weighted by atomic mass is 9.90. The molecule has 3 aromatic carbocycles. The highest BCUT2D eigenvalue weighted by Gasteiger charge is 2.30. The zero-order valence-electron chi connectivity index (χ0n) is 20.1. The summed E-state index contributed by atoms with van der Waals surface area (Å²) in [6.07, 6.45) is 1.62. The molecule has 3 aromatic rings. The fourth-order valence-corrected chi connectivity index (χ4v) is 4.61. The second-order valence-electron chi connectivity index (χ2n) is 8.82. The van der Waals surface area contributed by atoms with Crippen LogP contribution in [0.1, 0.15) is 43.2 Å². The molecule has 1 aliphatic rings. The van der Waals surface area contributed by atoms with Gasteiger partial charge in [-0.25, -0.2) is 4.79 Å². The third kappa shape index (κ3) is 6.70. The monoisotopic (exact) mass is 471 g/mol. The van der Waals surface area contributed by atoms with Gasteiger partial charge in [-0.1, -0.05) is 85.8 Å². The fourth-order valence-electron chi connectivity index (χ4n) is 4.61. The number of nitrogens with zero attached hydrogens (tertiary/aromatic N) is 1. The zero-order valence-corrected chi connectivity index (χ0v) is 20.1. The molecule has 1 aliphatic heterocycles. The van der Waals surface area contributed by atoms with Crippen molar-refractivity contribution in [1.82, 2.24) is 10.2 Å². The van der Waals surface area contributed by atoms with Gasteiger partial charge in [-0.2, -0.15) is 0 Å². The van der Waals surface area contributed by atoms with Gasteiger partial charge in [0.2, 0.25) is 5.91 Å². The van der Waals surface area contributed by atoms with E-state index in [0.29, 0.717) is 0 Å². The highest BCUT2D eigenvalue weighted by atomic mass is 16.6. The number of carbonyl (C=O) groups excluding carboxylic acids is 2. The quantitative estimate of drug-likeness (QED) is 0.463. The molecule has 35 heavy (non-hydrogen) atoms. The smallest absolute Gasteiger partial charge is 0.411 e. The van der Waals surface area contributed by atoms with Gasteiger partial charge in [-0.05, 0) is 42.5 Å². The summed E-state index contributed by atoms with van der Waals surface area (Å²) < 4.78 is 5.63. The number of nitrogens with one attached hydrogen (secondary N) is 2. The van der Waals surface area contributed by atoms with Crippen LogP contribution in [0.3, 0.4) is 0 Å². The lowest BCUT2D eigenvalue weighted by Crippen LogP contribution is -2.52. The van der Waals surface area contributed by atoms with E-state index in [1.807, 2.05) is 91.0 Å². The van der Waals surface area contributed by atoms with Gasteiger partial charge < -0.3 is 10.1 Å². The van der Waals surface area contributed by atoms with Gasteiger partial charge in [0.25, 0.3) is 0 Å². The van der Waals surface area contributed by atoms with Gasteiger partial charge in [0.15, 0.2) is 0 Å². The van der Waals surface area contributed by atoms with Crippen molar-refractivity contribution in [2.75, 3.05) is 18.4 Å². The summed E-state index contributed by atoms with van der Waals surface area (Å²) in [5.74, 6) is -0.371. The van der Waals surface area contributed by atoms with Gasteiger partial charge >= 0.3 is 6.09 Å². The van der Waals surface area contributed by atoms with Gasteiger partial charge in [0, 0.05) is 18.8 Å². The average molecular weight is 472 g/mol. The molecule has 182 valence electrons. The molecule has 1 heterocycles. The molecule has 1 saturated heterocycles. The predicted octanol–water partition coefficient (Wildman–Crippen LogP) is 5.38. The van der Waals surface area contributed by atoms with E-state index in [1.165, 1.54) is 0 Å². The Kier molecular flexibility index (Phi) is 8.52. The largest absolute Gasteiger partial charge is 0.446 e. The minimum absolute atomic E-state index is 0.00476. The van der Waals surface area contributed by atoms with Crippen molar-refractivity contribution in [2.45, 2.75) is 44.4 Å². The Morgan fingerprint density at radius 2 is 1.37 bits per heavy atom. The van der Waals surface area contributed by atoms with E-state index >= 15 is 0 Å². The van der Waals surface area contributed by atoms with E-state index in [9.17, 15) is 9.59 Å². The van der Waals surface area contributed by atoms with Crippen LogP contribution < -0.4 is 10.6 Å². The summed E-state index contributed by atoms with van der Waals surface area (Å²) in [6.45, 7) is 3.59. The van der Waals surface area contributed by atoms with Crippen molar-refractivity contribution in [3.63, 3.8) is 0 Å². The summed E-state index contributed by atoms with van der Waals surface area (Å²) in [4.78, 5) is 28.0. The first-order valence-electron chi connectivity index (χ1n) is 12.3. The van der Waals surface area contributed by atoms with Crippen LogP contribution in [0.5, 0.6) is 0 Å². The standard InChI is InChI=1S/C29H33N3O3/c1-2-26(31-28(33)27(22-12-6-3-7-13-22)23-14-8-4-9-15-23)32-20-18-25(19-21-32)35-29(34)30-24-16-10-5-11-17-24/h3-17,25-27H,2,18-21H2,1H3,(H,30,34)(H,31,33). The highest BCUT2D eigenvalue weighted by molar-refractivity contribution is 5.87. The first-order chi connectivity index (χ1) is 17.1. The van der Waals surface area contributed by atoms with Crippen molar-refractivity contribution < 1.29 is 14.3 Å². The molecule has 0 spiro atoms. The van der Waals surface area contributed by atoms with E-state index in [2.05, 4.69) is 22.5 Å². The lowest BCUT2D eigenvalue weighted by Gasteiger charge is -2.37. The number of piperidine rings is 1. The van der Waals surface area contributed by atoms with Crippen molar-refractivity contribution in [1.29, 1.82) is 0 Å². The Balaban J connectivity index is 1.34. The second kappa shape index (κ2) is 12.2. The number of ether oxygens (including phenoxy) is 1. The maximum atomic E-state index is 13.5. The van der Waals surface area contributed by atoms with Crippen LogP contribution in [-0.4, -0.2) is 42.3 Å². The molecule has 1 fully saturated rings. The molecule has 1 atom stereocenters. The number of hydrogen-bond acceptors (Lipinski definition) is 4. The van der Waals surface area contributed by atoms with Crippen molar-refractivity contribution in [2.24, 2.45) is 0 Å². The maximum absolute atomic E-state index is 13.5. The van der Waals surface area contributed by atoms with Crippen LogP contribution in [-0.2, 0) is 9.53 Å². The van der Waals surface area contributed by atoms with Gasteiger partial charge in [0.05, 0.1) is 12.1 Å². The Bertz CT molecular complexity index is 1030. The first-order valence-corrected chi connectivity index (χ1v) is 12.3. The molecule has 2 amide bonds. The molecule has 2 N–H and O–H groups in total. The highest BCUT2D eigenvalue weighted by Crippen LogP contribution is 2.26. The van der Waals surface area contributed by atoms with Gasteiger partial charge in [0.1, 0.15) is 6.10 Å². The lowest BCUT2D eigenvalue weighted by molar-refractivity contribution is -0.124. The van der Waals surface area contributed by atoms with E-state index in [-0.39, 0.29) is 24.1 Å². The zero-order chi connectivity index (χ0) is 24.5. The van der Waals surface area contributed by atoms with Crippen LogP contribution in [0.2, 0.25) is 0 Å². The van der Waals surface area contributed by atoms with Crippen LogP contribution in [0, 0.1) is 0 Å². The fraction of sp³-hybridized carbons (Fsp3) is 0.310. The summed E-state index contributed by atoms with van der Waals surface area (Å²) in [5, 5.41) is 6.06. The summed E-state index contributed by atoms with van der Waals surface area (Å²) in [7, 11) is 0. The van der Waals surface area contributed by atoms with E-state index < -0.39 is 6.09 Å². The maximum Gasteiger partial charge on any atom is 0.411 e. The molecule has 0 bridgehead atoms. The molecule has 4 rings (SSSR count). The summed E-state index contributed by atoms with van der Waals surface area (Å²) in [6, 6.07) is 29.1. The second-order valence-corrected chi connectivity index (χ2v) is 8.82. The third-order valence-electron chi connectivity index (χ3n) is 6.43. The predicted molar refractivity (Wildman–Crippen MR) is 138 cm³/mol. The summed E-state index contributed by atoms with van der Waals surface area (Å²) >= 11 is 0. The molecule has 0 aromatic heterocycles. The molecule has 0 radical (unpaired) electrons. The summed E-state index contributed by atoms with van der Waals surface area (Å²) in [5.41, 5.74) is 2.67. The Hall–Kier alpha value is -3.64. The number of likely N-dealkylation sites (tertiary alicyclic amines) is 1. The topological polar surface area (TPSA) is 70.7 Å². The van der Waals surface area contributed by atoms with Crippen molar-refractivity contribution >= 4 is 17.7 Å². The van der Waals surface area contributed by atoms with Gasteiger partial charge in [-0.3, -0.25) is 15.0 Å². The normalized spacial score (nSPS) is 15.4. The van der Waals surface area contributed by atoms with E-state index in [1.54, 1.807) is 0 Å². The molecule has 6 nitrogen and oxygen atoms in total. The van der Waals surface area contributed by atoms with E-state index in [4.69, 9.17) is 4.74 Å². The van der Waals surface area contributed by atoms with Crippen molar-refractivity contribution in [3.8, 4) is 0 Å². The van der Waals surface area contributed by atoms with Gasteiger partial charge in [-0.15, -0.1) is 0 Å². The number of hydrogen-bond donors (Lipinski definition) is 2. The minimum atomic E-state index is -0.427. The Morgan fingerprint density at radius 1 is 0.857 bits per heavy atom. The number of carbonyl (C=O) groups is 2. The number of amides is 2. The van der Waals surface area contributed by atoms with E-state index in [0.717, 1.165) is 49.2 Å². The molecule has 1 unspecified atom stereocenters. The van der Waals surface area contributed by atoms with Crippen LogP contribution in [0.25, 0.3) is 0 Å². The van der Waals surface area contributed by atoms with Crippen LogP contribution in [0.15, 0.2) is 91.0 Å². The molecular formula is C29H33N3O3. The molecule has 6 heteroatoms. The SMILES string of the molecule is CCC(NC(=O)C(c1ccccc1)c1ccccc1)N1CCC(OC(=O)Nc2ccccc2)CC1. The minimum Gasteiger partial charge on any atom is -0.446 e. The van der Waals surface area contributed by atoms with Crippen LogP contribution >= 0.6 is 0 Å². The van der Waals surface area contributed by atoms with Crippen LogP contribution in [0.4, 0.5) is 10.5 Å². The number of para-hydroxylation sites is 1.